The fourth-order valence-electron chi connectivity index (χ4n) is 1.76. The maximum atomic E-state index is 11.9. The summed E-state index contributed by atoms with van der Waals surface area (Å²) in [5, 5.41) is 7.05. The van der Waals surface area contributed by atoms with Crippen molar-refractivity contribution >= 4 is 22.4 Å². The third-order valence-corrected chi connectivity index (χ3v) is 4.13. The number of halogens is 1. The van der Waals surface area contributed by atoms with Crippen LogP contribution >= 0.6 is 12.4 Å². The van der Waals surface area contributed by atoms with Crippen molar-refractivity contribution in [3.05, 3.63) is 12.4 Å². The Hall–Kier alpha value is -0.630. The molecule has 1 saturated heterocycles. The van der Waals surface area contributed by atoms with Crippen LogP contribution in [0.15, 0.2) is 17.3 Å². The second-order valence-corrected chi connectivity index (χ2v) is 5.71. The molecule has 8 heteroatoms. The van der Waals surface area contributed by atoms with Gasteiger partial charge in [0.05, 0.1) is 6.20 Å². The summed E-state index contributed by atoms with van der Waals surface area (Å²) in [5.41, 5.74) is 0. The first-order valence-corrected chi connectivity index (χ1v) is 6.78. The molecule has 0 atom stereocenters. The molecule has 0 saturated carbocycles. The van der Waals surface area contributed by atoms with Crippen LogP contribution < -0.4 is 10.0 Å². The zero-order chi connectivity index (χ0) is 11.6. The standard InChI is InChI=1S/C9H16N4O2S.ClH/c1-13-7-9(6-11-13)16(14,15)12-8-2-4-10-5-3-8;/h6-8,10,12H,2-5H2,1H3;1H. The molecule has 2 rings (SSSR count). The van der Waals surface area contributed by atoms with E-state index in [1.165, 1.54) is 17.1 Å². The van der Waals surface area contributed by atoms with Crippen LogP contribution in [0.4, 0.5) is 0 Å². The van der Waals surface area contributed by atoms with Gasteiger partial charge in [-0.1, -0.05) is 0 Å². The van der Waals surface area contributed by atoms with E-state index in [0.29, 0.717) is 0 Å². The Bertz CT molecular complexity index is 453. The first-order chi connectivity index (χ1) is 7.58. The zero-order valence-corrected chi connectivity index (χ0v) is 11.2. The Morgan fingerprint density at radius 2 is 2.12 bits per heavy atom. The van der Waals surface area contributed by atoms with Gasteiger partial charge in [-0.15, -0.1) is 12.4 Å². The van der Waals surface area contributed by atoms with Crippen molar-refractivity contribution in [3.8, 4) is 0 Å². The summed E-state index contributed by atoms with van der Waals surface area (Å²) in [6.07, 6.45) is 4.53. The molecule has 1 aliphatic rings. The fraction of sp³-hybridized carbons (Fsp3) is 0.667. The van der Waals surface area contributed by atoms with Crippen molar-refractivity contribution in [3.63, 3.8) is 0 Å². The van der Waals surface area contributed by atoms with Gasteiger partial charge in [-0.25, -0.2) is 13.1 Å². The first-order valence-electron chi connectivity index (χ1n) is 5.29. The summed E-state index contributed by atoms with van der Waals surface area (Å²) in [6.45, 7) is 1.72. The molecule has 2 N–H and O–H groups in total. The summed E-state index contributed by atoms with van der Waals surface area (Å²) in [7, 11) is -1.70. The molecule has 1 aromatic heterocycles. The molecule has 17 heavy (non-hydrogen) atoms. The number of nitrogens with zero attached hydrogens (tertiary/aromatic N) is 2. The number of hydrogen-bond donors (Lipinski definition) is 2. The molecule has 2 heterocycles. The molecule has 0 aromatic carbocycles. The Balaban J connectivity index is 0.00000144. The smallest absolute Gasteiger partial charge is 0.243 e. The van der Waals surface area contributed by atoms with Gasteiger partial charge in [-0.2, -0.15) is 5.10 Å². The molecular weight excluding hydrogens is 264 g/mol. The Kier molecular flexibility index (Phi) is 4.93. The van der Waals surface area contributed by atoms with Gasteiger partial charge in [0.25, 0.3) is 0 Å². The SMILES string of the molecule is Cl.Cn1cc(S(=O)(=O)NC2CCNCC2)cn1. The van der Waals surface area contributed by atoms with Crippen molar-refractivity contribution in [1.82, 2.24) is 19.8 Å². The van der Waals surface area contributed by atoms with Crippen LogP contribution in [0.3, 0.4) is 0 Å². The van der Waals surface area contributed by atoms with Gasteiger partial charge in [-0.3, -0.25) is 4.68 Å². The highest BCUT2D eigenvalue weighted by molar-refractivity contribution is 7.89. The normalized spacial score (nSPS) is 17.7. The monoisotopic (exact) mass is 280 g/mol. The predicted octanol–water partition coefficient (Wildman–Crippen LogP) is -0.128. The van der Waals surface area contributed by atoms with E-state index >= 15 is 0 Å². The van der Waals surface area contributed by atoms with Gasteiger partial charge in [-0.05, 0) is 25.9 Å². The number of rotatable bonds is 3. The second kappa shape index (κ2) is 5.81. The number of sulfonamides is 1. The predicted molar refractivity (Wildman–Crippen MR) is 66.7 cm³/mol. The van der Waals surface area contributed by atoms with Gasteiger partial charge >= 0.3 is 0 Å². The van der Waals surface area contributed by atoms with Crippen molar-refractivity contribution in [2.45, 2.75) is 23.8 Å². The quantitative estimate of drug-likeness (QED) is 0.809. The highest BCUT2D eigenvalue weighted by Crippen LogP contribution is 2.10. The summed E-state index contributed by atoms with van der Waals surface area (Å²) in [5.74, 6) is 0. The topological polar surface area (TPSA) is 76.0 Å². The van der Waals surface area contributed by atoms with E-state index in [-0.39, 0.29) is 23.3 Å². The average Bonchev–Trinajstić information content (AvgIpc) is 2.66. The maximum Gasteiger partial charge on any atom is 0.243 e. The third-order valence-electron chi connectivity index (χ3n) is 2.65. The van der Waals surface area contributed by atoms with Crippen molar-refractivity contribution < 1.29 is 8.42 Å². The Labute approximate surface area is 107 Å². The number of hydrogen-bond acceptors (Lipinski definition) is 4. The molecule has 0 unspecified atom stereocenters. The number of nitrogens with one attached hydrogen (secondary N) is 2. The minimum Gasteiger partial charge on any atom is -0.317 e. The van der Waals surface area contributed by atoms with E-state index in [1.54, 1.807) is 7.05 Å². The maximum absolute atomic E-state index is 11.9. The fourth-order valence-corrected chi connectivity index (χ4v) is 3.05. The molecular formula is C9H17ClN4O2S. The van der Waals surface area contributed by atoms with Crippen LogP contribution in [-0.2, 0) is 17.1 Å². The van der Waals surface area contributed by atoms with Crippen molar-refractivity contribution in [1.29, 1.82) is 0 Å². The van der Waals surface area contributed by atoms with Crippen LogP contribution in [-0.4, -0.2) is 37.3 Å². The number of piperidine rings is 1. The summed E-state index contributed by atoms with van der Waals surface area (Å²) < 4.78 is 28.0. The lowest BCUT2D eigenvalue weighted by Crippen LogP contribution is -2.42. The van der Waals surface area contributed by atoms with Gasteiger partial charge < -0.3 is 5.32 Å². The van der Waals surface area contributed by atoms with E-state index in [9.17, 15) is 8.42 Å². The molecule has 1 fully saturated rings. The average molecular weight is 281 g/mol. The second-order valence-electron chi connectivity index (χ2n) is 4.00. The molecule has 6 nitrogen and oxygen atoms in total. The minimum atomic E-state index is -3.40. The van der Waals surface area contributed by atoms with E-state index in [1.807, 2.05) is 0 Å². The Morgan fingerprint density at radius 3 is 2.65 bits per heavy atom. The first kappa shape index (κ1) is 14.4. The molecule has 0 amide bonds. The van der Waals surface area contributed by atoms with Gasteiger partial charge in [0.15, 0.2) is 0 Å². The van der Waals surface area contributed by atoms with Crippen LogP contribution in [0.2, 0.25) is 0 Å². The lowest BCUT2D eigenvalue weighted by Gasteiger charge is -2.23. The van der Waals surface area contributed by atoms with Crippen molar-refractivity contribution in [2.75, 3.05) is 13.1 Å². The largest absolute Gasteiger partial charge is 0.317 e. The highest BCUT2D eigenvalue weighted by atomic mass is 35.5. The molecule has 0 radical (unpaired) electrons. The van der Waals surface area contributed by atoms with E-state index < -0.39 is 10.0 Å². The highest BCUT2D eigenvalue weighted by Gasteiger charge is 2.22. The van der Waals surface area contributed by atoms with Gasteiger partial charge in [0.1, 0.15) is 4.90 Å². The summed E-state index contributed by atoms with van der Waals surface area (Å²) in [6, 6.07) is 0.0338. The van der Waals surface area contributed by atoms with Crippen LogP contribution in [0.25, 0.3) is 0 Å². The van der Waals surface area contributed by atoms with Crippen LogP contribution in [0.5, 0.6) is 0 Å². The van der Waals surface area contributed by atoms with Crippen LogP contribution in [0.1, 0.15) is 12.8 Å². The minimum absolute atomic E-state index is 0. The lowest BCUT2D eigenvalue weighted by atomic mass is 10.1. The van der Waals surface area contributed by atoms with Crippen molar-refractivity contribution in [2.24, 2.45) is 7.05 Å². The van der Waals surface area contributed by atoms with E-state index in [2.05, 4.69) is 15.1 Å². The molecule has 0 spiro atoms. The molecule has 1 aromatic rings. The van der Waals surface area contributed by atoms with Gasteiger partial charge in [0, 0.05) is 19.3 Å². The molecule has 1 aliphatic heterocycles. The lowest BCUT2D eigenvalue weighted by molar-refractivity contribution is 0.427. The third kappa shape index (κ3) is 3.67. The molecule has 0 bridgehead atoms. The zero-order valence-electron chi connectivity index (χ0n) is 9.59. The van der Waals surface area contributed by atoms with E-state index in [4.69, 9.17) is 0 Å². The molecule has 0 aliphatic carbocycles. The summed E-state index contributed by atoms with van der Waals surface area (Å²) in [4.78, 5) is 0.230. The van der Waals surface area contributed by atoms with E-state index in [0.717, 1.165) is 25.9 Å². The number of aromatic nitrogens is 2. The Morgan fingerprint density at radius 1 is 1.47 bits per heavy atom. The van der Waals surface area contributed by atoms with Crippen LogP contribution in [0, 0.1) is 0 Å². The summed E-state index contributed by atoms with van der Waals surface area (Å²) >= 11 is 0. The van der Waals surface area contributed by atoms with Gasteiger partial charge in [0.2, 0.25) is 10.0 Å². The number of aryl methyl sites for hydroxylation is 1. The molecule has 98 valence electrons.